The Morgan fingerprint density at radius 3 is 2.63 bits per heavy atom. The number of imide groups is 1. The molecule has 0 radical (unpaired) electrons. The van der Waals surface area contributed by atoms with Gasteiger partial charge in [0, 0.05) is 11.9 Å². The molecule has 0 saturated heterocycles. The molecular weight excluding hydrogens is 418 g/mol. The Morgan fingerprint density at radius 2 is 2.03 bits per heavy atom. The normalized spacial score (nSPS) is 17.6. The molecule has 1 aliphatic rings. The molecule has 0 fully saturated rings. The van der Waals surface area contributed by atoms with Crippen LogP contribution in [0, 0.1) is 17.3 Å². The van der Waals surface area contributed by atoms with Crippen LogP contribution in [0.2, 0.25) is 0 Å². The Bertz CT molecular complexity index is 942. The number of carbonyl (C=O) groups is 2. The number of thioether (sulfide) groups is 1. The number of fused-ring (bicyclic) bond motifs is 1. The maximum absolute atomic E-state index is 12.3. The number of carbonyl (C=O) groups excluding carboxylic acids is 2. The molecule has 2 unspecified atom stereocenters. The van der Waals surface area contributed by atoms with Gasteiger partial charge in [0.15, 0.2) is 11.0 Å². The molecule has 7 nitrogen and oxygen atoms in total. The molecule has 2 aromatic rings. The first-order valence-electron chi connectivity index (χ1n) is 10.3. The summed E-state index contributed by atoms with van der Waals surface area (Å²) in [5, 5.41) is 11.1. The molecule has 0 aliphatic heterocycles. The zero-order chi connectivity index (χ0) is 22.2. The molecule has 164 valence electrons. The van der Waals surface area contributed by atoms with E-state index in [2.05, 4.69) is 42.4 Å². The summed E-state index contributed by atoms with van der Waals surface area (Å²) in [6, 6.07) is 1.42. The van der Waals surface area contributed by atoms with Crippen LogP contribution in [-0.4, -0.2) is 32.0 Å². The number of thiophene rings is 1. The zero-order valence-corrected chi connectivity index (χ0v) is 20.1. The number of aromatic nitrogens is 3. The summed E-state index contributed by atoms with van der Waals surface area (Å²) in [6.45, 7) is 10.8. The van der Waals surface area contributed by atoms with Gasteiger partial charge >= 0.3 is 6.03 Å². The average molecular weight is 450 g/mol. The molecule has 0 saturated carbocycles. The molecule has 0 bridgehead atoms. The lowest BCUT2D eigenvalue weighted by atomic mass is 9.72. The Balaban J connectivity index is 1.82. The molecule has 1 aliphatic carbocycles. The third-order valence-electron chi connectivity index (χ3n) is 5.71. The van der Waals surface area contributed by atoms with Gasteiger partial charge in [-0.15, -0.1) is 21.5 Å². The largest absolute Gasteiger partial charge is 0.351 e. The smallest absolute Gasteiger partial charge is 0.318 e. The lowest BCUT2D eigenvalue weighted by Gasteiger charge is -2.33. The van der Waals surface area contributed by atoms with Gasteiger partial charge in [0.05, 0.1) is 10.1 Å². The van der Waals surface area contributed by atoms with E-state index in [0.29, 0.717) is 16.5 Å². The predicted molar refractivity (Wildman–Crippen MR) is 121 cm³/mol. The topological polar surface area (TPSA) is 103 Å². The van der Waals surface area contributed by atoms with Gasteiger partial charge in [0.2, 0.25) is 5.91 Å². The Labute approximate surface area is 186 Å². The van der Waals surface area contributed by atoms with Crippen LogP contribution < -0.4 is 11.1 Å². The van der Waals surface area contributed by atoms with Gasteiger partial charge < -0.3 is 10.3 Å². The van der Waals surface area contributed by atoms with Gasteiger partial charge in [-0.3, -0.25) is 10.1 Å². The Hall–Kier alpha value is -1.87. The third kappa shape index (κ3) is 4.88. The molecule has 9 heteroatoms. The first kappa shape index (κ1) is 22.8. The highest BCUT2D eigenvalue weighted by atomic mass is 32.2. The second kappa shape index (κ2) is 8.70. The van der Waals surface area contributed by atoms with Crippen LogP contribution in [0.1, 0.15) is 51.5 Å². The molecule has 3 amide bonds. The lowest BCUT2D eigenvalue weighted by Crippen LogP contribution is -2.42. The lowest BCUT2D eigenvalue weighted by molar-refractivity contribution is -0.120. The van der Waals surface area contributed by atoms with Crippen molar-refractivity contribution in [2.45, 2.75) is 64.3 Å². The van der Waals surface area contributed by atoms with E-state index in [1.54, 1.807) is 11.3 Å². The van der Waals surface area contributed by atoms with Crippen molar-refractivity contribution in [1.29, 1.82) is 0 Å². The van der Waals surface area contributed by atoms with Crippen molar-refractivity contribution in [3.8, 4) is 10.7 Å². The fourth-order valence-electron chi connectivity index (χ4n) is 3.80. The van der Waals surface area contributed by atoms with Crippen LogP contribution in [0.3, 0.4) is 0 Å². The zero-order valence-electron chi connectivity index (χ0n) is 18.5. The van der Waals surface area contributed by atoms with E-state index in [-0.39, 0.29) is 5.92 Å². The monoisotopic (exact) mass is 449 g/mol. The molecule has 0 aromatic carbocycles. The van der Waals surface area contributed by atoms with E-state index >= 15 is 0 Å². The molecular formula is C21H31N5O2S2. The average Bonchev–Trinajstić information content (AvgIpc) is 3.20. The Kier molecular flexibility index (Phi) is 6.62. The molecule has 2 atom stereocenters. The van der Waals surface area contributed by atoms with E-state index < -0.39 is 17.2 Å². The number of aryl methyl sites for hydroxylation is 1. The highest BCUT2D eigenvalue weighted by Gasteiger charge is 2.31. The highest BCUT2D eigenvalue weighted by Crippen LogP contribution is 2.42. The number of nitrogens with zero attached hydrogens (tertiary/aromatic N) is 3. The summed E-state index contributed by atoms with van der Waals surface area (Å²) in [4.78, 5) is 26.0. The summed E-state index contributed by atoms with van der Waals surface area (Å²) >= 11 is 3.10. The molecule has 0 spiro atoms. The Morgan fingerprint density at radius 1 is 1.33 bits per heavy atom. The van der Waals surface area contributed by atoms with Crippen LogP contribution in [0.25, 0.3) is 10.7 Å². The minimum Gasteiger partial charge on any atom is -0.351 e. The second-order valence-electron chi connectivity index (χ2n) is 9.37. The number of hydrogen-bond acceptors (Lipinski definition) is 6. The molecule has 3 N–H and O–H groups in total. The van der Waals surface area contributed by atoms with Crippen molar-refractivity contribution in [1.82, 2.24) is 20.1 Å². The standard InChI is InChI=1S/C21H31N5O2S2/c1-11(2)16(18(27)23-19(22)28)30-20-25-24-17(26(20)6)15-10-12-9-13(21(3,4)5)7-8-14(12)29-15/h10-11,13,16H,7-9H2,1-6H3,(H3,22,23,27,28). The SMILES string of the molecule is CC(C)C(Sc1nnc(-c2cc3c(s2)CCC(C(C)(C)C)C3)n1C)C(=O)NC(N)=O. The highest BCUT2D eigenvalue weighted by molar-refractivity contribution is 8.00. The third-order valence-corrected chi connectivity index (χ3v) is 8.52. The minimum atomic E-state index is -0.845. The van der Waals surface area contributed by atoms with E-state index in [1.807, 2.05) is 25.5 Å². The van der Waals surface area contributed by atoms with E-state index in [1.165, 1.54) is 28.6 Å². The van der Waals surface area contributed by atoms with Crippen LogP contribution in [0.5, 0.6) is 0 Å². The van der Waals surface area contributed by atoms with Gasteiger partial charge in [-0.2, -0.15) is 0 Å². The number of amides is 3. The van der Waals surface area contributed by atoms with Gasteiger partial charge in [-0.05, 0) is 48.1 Å². The summed E-state index contributed by atoms with van der Waals surface area (Å²) < 4.78 is 1.93. The van der Waals surface area contributed by atoms with E-state index in [0.717, 1.165) is 23.5 Å². The number of nitrogens with one attached hydrogen (secondary N) is 1. The first-order chi connectivity index (χ1) is 14.0. The van der Waals surface area contributed by atoms with Crippen molar-refractivity contribution < 1.29 is 9.59 Å². The van der Waals surface area contributed by atoms with Gasteiger partial charge in [-0.25, -0.2) is 4.79 Å². The summed E-state index contributed by atoms with van der Waals surface area (Å²) in [5.41, 5.74) is 6.85. The minimum absolute atomic E-state index is 0.00196. The number of hydrogen-bond donors (Lipinski definition) is 2. The number of urea groups is 1. The molecule has 30 heavy (non-hydrogen) atoms. The maximum Gasteiger partial charge on any atom is 0.318 e. The van der Waals surface area contributed by atoms with Crippen LogP contribution >= 0.6 is 23.1 Å². The molecule has 3 rings (SSSR count). The number of primary amides is 1. The van der Waals surface area contributed by atoms with E-state index in [4.69, 9.17) is 5.73 Å². The van der Waals surface area contributed by atoms with Crippen LogP contribution in [0.4, 0.5) is 4.79 Å². The van der Waals surface area contributed by atoms with Gasteiger partial charge in [0.1, 0.15) is 0 Å². The number of rotatable bonds is 5. The fraction of sp³-hybridized carbons (Fsp3) is 0.619. The van der Waals surface area contributed by atoms with Crippen molar-refractivity contribution in [3.63, 3.8) is 0 Å². The van der Waals surface area contributed by atoms with Crippen LogP contribution in [0.15, 0.2) is 11.2 Å². The molecule has 2 heterocycles. The quantitative estimate of drug-likeness (QED) is 0.672. The fourth-order valence-corrected chi connectivity index (χ4v) is 6.03. The second-order valence-corrected chi connectivity index (χ2v) is 11.6. The predicted octanol–water partition coefficient (Wildman–Crippen LogP) is 4.01. The summed E-state index contributed by atoms with van der Waals surface area (Å²) in [7, 11) is 1.91. The van der Waals surface area contributed by atoms with Crippen molar-refractivity contribution in [2.24, 2.45) is 30.0 Å². The van der Waals surface area contributed by atoms with Gasteiger partial charge in [0.25, 0.3) is 0 Å². The maximum atomic E-state index is 12.3. The van der Waals surface area contributed by atoms with E-state index in [9.17, 15) is 9.59 Å². The number of nitrogens with two attached hydrogens (primary N) is 1. The van der Waals surface area contributed by atoms with Crippen molar-refractivity contribution in [2.75, 3.05) is 0 Å². The van der Waals surface area contributed by atoms with Crippen LogP contribution in [-0.2, 0) is 24.7 Å². The van der Waals surface area contributed by atoms with Gasteiger partial charge in [-0.1, -0.05) is 46.4 Å². The summed E-state index contributed by atoms with van der Waals surface area (Å²) in [5.74, 6) is 1.08. The molecule has 2 aromatic heterocycles. The van der Waals surface area contributed by atoms with Crippen molar-refractivity contribution >= 4 is 35.0 Å². The summed E-state index contributed by atoms with van der Waals surface area (Å²) in [6.07, 6.45) is 3.45. The first-order valence-corrected chi connectivity index (χ1v) is 11.9. The van der Waals surface area contributed by atoms with Crippen molar-refractivity contribution in [3.05, 3.63) is 16.5 Å².